The van der Waals surface area contributed by atoms with Gasteiger partial charge in [0.1, 0.15) is 0 Å². The molecule has 2 aromatic rings. The highest BCUT2D eigenvalue weighted by Gasteiger charge is 2.32. The van der Waals surface area contributed by atoms with E-state index in [4.69, 9.17) is 19.6 Å². The van der Waals surface area contributed by atoms with E-state index in [1.807, 2.05) is 0 Å². The number of hydrogen-bond donors (Lipinski definition) is 3. The van der Waals surface area contributed by atoms with Crippen molar-refractivity contribution in [2.24, 2.45) is 16.6 Å². The Labute approximate surface area is 182 Å². The molecule has 166 valence electrons. The molecule has 0 bridgehead atoms. The van der Waals surface area contributed by atoms with Crippen LogP contribution in [0.4, 0.5) is 16.0 Å². The molecular weight excluding hydrogens is 424 g/mol. The molecular formula is C19H24N6O5S. The maximum atomic E-state index is 12.6. The number of carbonyl (C=O) groups excluding carboxylic acids is 1. The maximum absolute atomic E-state index is 12.6. The lowest BCUT2D eigenvalue weighted by Crippen LogP contribution is -2.28. The number of anilines is 2. The van der Waals surface area contributed by atoms with Crippen molar-refractivity contribution in [3.63, 3.8) is 0 Å². The molecule has 1 saturated carbocycles. The molecule has 12 heteroatoms. The van der Waals surface area contributed by atoms with E-state index in [0.717, 1.165) is 24.2 Å². The number of nitrogens with zero attached hydrogens (tertiary/aromatic N) is 3. The fraction of sp³-hybridized carbons (Fsp3) is 0.421. The number of aliphatic imine (C=N–C) groups is 1. The van der Waals surface area contributed by atoms with Gasteiger partial charge in [-0.05, 0) is 38.0 Å². The summed E-state index contributed by atoms with van der Waals surface area (Å²) in [5, 5.41) is 14.1. The Kier molecular flexibility index (Phi) is 7.36. The van der Waals surface area contributed by atoms with Crippen LogP contribution in [0.2, 0.25) is 0 Å². The molecule has 11 nitrogen and oxygen atoms in total. The van der Waals surface area contributed by atoms with Gasteiger partial charge in [0.2, 0.25) is 16.0 Å². The molecule has 1 atom stereocenters. The predicted molar refractivity (Wildman–Crippen MR) is 117 cm³/mol. The molecule has 0 saturated heterocycles. The van der Waals surface area contributed by atoms with Gasteiger partial charge in [0, 0.05) is 18.9 Å². The first kappa shape index (κ1) is 22.4. The molecule has 1 aliphatic carbocycles. The van der Waals surface area contributed by atoms with Crippen LogP contribution in [0.25, 0.3) is 0 Å². The standard InChI is InChI=1S/C19H24N6O5S/c1-10(6-7-20)21-18-24-25-19(31-18)23-16(26)14-8-12(15(29-3)17(27)30-14)22-13(9-28-2)11-4-5-11/h6-8,11,13,22H,4-5,9,20H2,1-3H3,(H,23,25,26)/b7-6-,21-10+/t13-/m1/s1. The maximum Gasteiger partial charge on any atom is 0.381 e. The lowest BCUT2D eigenvalue weighted by Gasteiger charge is -2.20. The summed E-state index contributed by atoms with van der Waals surface area (Å²) in [6.45, 7) is 2.21. The minimum atomic E-state index is -0.767. The van der Waals surface area contributed by atoms with Gasteiger partial charge in [-0.25, -0.2) is 9.79 Å². The van der Waals surface area contributed by atoms with Gasteiger partial charge in [-0.15, -0.1) is 10.2 Å². The number of carbonyl (C=O) groups is 1. The monoisotopic (exact) mass is 448 g/mol. The van der Waals surface area contributed by atoms with Crippen molar-refractivity contribution < 1.29 is 18.7 Å². The van der Waals surface area contributed by atoms with Crippen molar-refractivity contribution >= 4 is 38.9 Å². The highest BCUT2D eigenvalue weighted by atomic mass is 32.1. The minimum Gasteiger partial charge on any atom is -0.488 e. The van der Waals surface area contributed by atoms with Crippen molar-refractivity contribution in [2.45, 2.75) is 25.8 Å². The molecule has 3 rings (SSSR count). The second kappa shape index (κ2) is 10.2. The van der Waals surface area contributed by atoms with Crippen LogP contribution in [-0.2, 0) is 4.74 Å². The van der Waals surface area contributed by atoms with Crippen LogP contribution in [0.3, 0.4) is 0 Å². The Morgan fingerprint density at radius 2 is 2.23 bits per heavy atom. The van der Waals surface area contributed by atoms with Gasteiger partial charge in [-0.1, -0.05) is 11.3 Å². The van der Waals surface area contributed by atoms with Gasteiger partial charge in [0.25, 0.3) is 5.91 Å². The molecule has 2 heterocycles. The molecule has 2 aromatic heterocycles. The number of amides is 1. The largest absolute Gasteiger partial charge is 0.488 e. The van der Waals surface area contributed by atoms with E-state index in [1.54, 1.807) is 20.1 Å². The Morgan fingerprint density at radius 1 is 1.45 bits per heavy atom. The Balaban J connectivity index is 1.79. The number of ether oxygens (including phenoxy) is 2. The fourth-order valence-corrected chi connectivity index (χ4v) is 3.54. The first-order valence-electron chi connectivity index (χ1n) is 9.51. The number of hydrogen-bond acceptors (Lipinski definition) is 11. The average Bonchev–Trinajstić information content (AvgIpc) is 3.49. The highest BCUT2D eigenvalue weighted by Crippen LogP contribution is 2.35. The molecule has 4 N–H and O–H groups in total. The quantitative estimate of drug-likeness (QED) is 0.464. The van der Waals surface area contributed by atoms with E-state index < -0.39 is 11.5 Å². The number of rotatable bonds is 10. The summed E-state index contributed by atoms with van der Waals surface area (Å²) < 4.78 is 15.6. The van der Waals surface area contributed by atoms with Crippen LogP contribution in [0, 0.1) is 5.92 Å². The van der Waals surface area contributed by atoms with Crippen LogP contribution in [0.1, 0.15) is 30.3 Å². The van der Waals surface area contributed by atoms with E-state index in [1.165, 1.54) is 19.4 Å². The van der Waals surface area contributed by atoms with Crippen LogP contribution in [0.5, 0.6) is 5.75 Å². The number of methoxy groups -OCH3 is 2. The van der Waals surface area contributed by atoms with Gasteiger partial charge in [0.15, 0.2) is 5.76 Å². The van der Waals surface area contributed by atoms with Gasteiger partial charge in [-0.3, -0.25) is 10.1 Å². The van der Waals surface area contributed by atoms with Crippen LogP contribution < -0.4 is 26.7 Å². The molecule has 0 aliphatic heterocycles. The van der Waals surface area contributed by atoms with E-state index in [2.05, 4.69) is 25.8 Å². The molecule has 0 spiro atoms. The smallest absolute Gasteiger partial charge is 0.381 e. The Hall–Kier alpha value is -3.25. The number of nitrogens with two attached hydrogens (primary N) is 1. The molecule has 31 heavy (non-hydrogen) atoms. The SMILES string of the molecule is COC[C@@H](Nc1cc(C(=O)Nc2nnc(/N=C(C)/C=C\N)s2)oc(=O)c1OC)C1CC1. The van der Waals surface area contributed by atoms with Crippen molar-refractivity contribution in [3.8, 4) is 5.75 Å². The van der Waals surface area contributed by atoms with E-state index in [-0.39, 0.29) is 22.7 Å². The van der Waals surface area contributed by atoms with Crippen molar-refractivity contribution in [1.82, 2.24) is 10.2 Å². The van der Waals surface area contributed by atoms with Crippen LogP contribution in [-0.4, -0.2) is 48.7 Å². The molecule has 1 aliphatic rings. The summed E-state index contributed by atoms with van der Waals surface area (Å²) in [5.74, 6) is -0.410. The summed E-state index contributed by atoms with van der Waals surface area (Å²) in [7, 11) is 2.98. The first-order valence-corrected chi connectivity index (χ1v) is 10.3. The number of aromatic nitrogens is 2. The second-order valence-electron chi connectivity index (χ2n) is 6.84. The zero-order chi connectivity index (χ0) is 22.4. The summed E-state index contributed by atoms with van der Waals surface area (Å²) in [5.41, 5.74) is 5.55. The van der Waals surface area contributed by atoms with Gasteiger partial charge in [-0.2, -0.15) is 0 Å². The minimum absolute atomic E-state index is 0.00530. The third kappa shape index (κ3) is 5.89. The summed E-state index contributed by atoms with van der Waals surface area (Å²) in [4.78, 5) is 29.2. The van der Waals surface area contributed by atoms with Gasteiger partial charge in [0.05, 0.1) is 25.4 Å². The van der Waals surface area contributed by atoms with Crippen LogP contribution >= 0.6 is 11.3 Å². The molecule has 1 amide bonds. The number of nitrogens with one attached hydrogen (secondary N) is 2. The molecule has 0 radical (unpaired) electrons. The summed E-state index contributed by atoms with van der Waals surface area (Å²) in [6, 6.07) is 1.42. The van der Waals surface area contributed by atoms with Crippen molar-refractivity contribution in [3.05, 3.63) is 34.5 Å². The van der Waals surface area contributed by atoms with Gasteiger partial charge < -0.3 is 24.9 Å². The number of allylic oxidation sites excluding steroid dienone is 1. The third-order valence-electron chi connectivity index (χ3n) is 4.46. The zero-order valence-electron chi connectivity index (χ0n) is 17.4. The molecule has 0 aromatic carbocycles. The first-order chi connectivity index (χ1) is 14.9. The lowest BCUT2D eigenvalue weighted by atomic mass is 10.2. The van der Waals surface area contributed by atoms with E-state index >= 15 is 0 Å². The van der Waals surface area contributed by atoms with Crippen LogP contribution in [0.15, 0.2) is 32.5 Å². The van der Waals surface area contributed by atoms with Crippen molar-refractivity contribution in [1.29, 1.82) is 0 Å². The van der Waals surface area contributed by atoms with Crippen molar-refractivity contribution in [2.75, 3.05) is 31.5 Å². The topological polar surface area (TPSA) is 154 Å². The summed E-state index contributed by atoms with van der Waals surface area (Å²) in [6.07, 6.45) is 5.11. The Morgan fingerprint density at radius 3 is 2.87 bits per heavy atom. The van der Waals surface area contributed by atoms with Gasteiger partial charge >= 0.3 is 5.63 Å². The normalized spacial score (nSPS) is 15.1. The average molecular weight is 449 g/mol. The lowest BCUT2D eigenvalue weighted by molar-refractivity contribution is 0.0991. The Bertz CT molecular complexity index is 1040. The van der Waals surface area contributed by atoms with E-state index in [9.17, 15) is 9.59 Å². The second-order valence-corrected chi connectivity index (χ2v) is 7.80. The molecule has 1 fully saturated rings. The zero-order valence-corrected chi connectivity index (χ0v) is 18.2. The van der Waals surface area contributed by atoms with E-state index in [0.29, 0.717) is 29.1 Å². The molecule has 0 unspecified atom stereocenters. The predicted octanol–water partition coefficient (Wildman–Crippen LogP) is 2.15. The highest BCUT2D eigenvalue weighted by molar-refractivity contribution is 7.18. The fourth-order valence-electron chi connectivity index (χ4n) is 2.87. The summed E-state index contributed by atoms with van der Waals surface area (Å²) >= 11 is 1.06. The third-order valence-corrected chi connectivity index (χ3v) is 5.19.